The number of anilines is 3. The normalized spacial score (nSPS) is 12.3. The zero-order valence-electron chi connectivity index (χ0n) is 39.7. The standard InChI is InChI=1S/C66H54N2/c1-65(2,3)50-30-38-61-56(41-50)57-42-51(66(4,5)6)31-39-62(57)68(61)60-37-29-47-26-34-54-59(36-28-46-27-35-55(60)64(47)63(46)54)67(52-32-24-45(25-33-52)43-16-9-7-10-17-43)58-23-14-13-22-53(58)49-21-15-20-48(40-49)44-18-11-8-12-19-44/h7-42H,1-6H3. The van der Waals surface area contributed by atoms with Gasteiger partial charge < -0.3 is 9.47 Å². The van der Waals surface area contributed by atoms with Gasteiger partial charge in [-0.15, -0.1) is 0 Å². The third-order valence-electron chi connectivity index (χ3n) is 14.3. The first kappa shape index (κ1) is 41.5. The monoisotopic (exact) mass is 874 g/mol. The molecular weight excluding hydrogens is 821 g/mol. The van der Waals surface area contributed by atoms with Gasteiger partial charge in [0.2, 0.25) is 0 Å². The third kappa shape index (κ3) is 6.94. The Morgan fingerprint density at radius 2 is 0.838 bits per heavy atom. The van der Waals surface area contributed by atoms with Crippen LogP contribution >= 0.6 is 0 Å². The zero-order valence-corrected chi connectivity index (χ0v) is 39.7. The van der Waals surface area contributed by atoms with Crippen LogP contribution in [0.3, 0.4) is 0 Å². The van der Waals surface area contributed by atoms with E-state index in [0.717, 1.165) is 17.1 Å². The molecule has 0 aliphatic rings. The molecular formula is C66H54N2. The summed E-state index contributed by atoms with van der Waals surface area (Å²) >= 11 is 0. The van der Waals surface area contributed by atoms with Gasteiger partial charge in [-0.25, -0.2) is 0 Å². The van der Waals surface area contributed by atoms with Crippen molar-refractivity contribution in [2.75, 3.05) is 4.90 Å². The highest BCUT2D eigenvalue weighted by atomic mass is 15.1. The number of para-hydroxylation sites is 1. The van der Waals surface area contributed by atoms with Crippen LogP contribution in [0.15, 0.2) is 218 Å². The average molecular weight is 875 g/mol. The van der Waals surface area contributed by atoms with E-state index in [1.54, 1.807) is 0 Å². The Balaban J connectivity index is 1.10. The molecule has 0 bridgehead atoms. The topological polar surface area (TPSA) is 8.17 Å². The molecule has 68 heavy (non-hydrogen) atoms. The van der Waals surface area contributed by atoms with E-state index < -0.39 is 0 Å². The fourth-order valence-corrected chi connectivity index (χ4v) is 10.6. The minimum absolute atomic E-state index is 0.0273. The summed E-state index contributed by atoms with van der Waals surface area (Å²) in [7, 11) is 0. The smallest absolute Gasteiger partial charge is 0.0541 e. The lowest BCUT2D eigenvalue weighted by Gasteiger charge is -2.30. The molecule has 2 heteroatoms. The van der Waals surface area contributed by atoms with E-state index in [0.29, 0.717) is 0 Å². The Bertz CT molecular complexity index is 3770. The number of benzene rings is 11. The highest BCUT2D eigenvalue weighted by Crippen LogP contribution is 2.48. The number of nitrogens with zero attached hydrogens (tertiary/aromatic N) is 2. The van der Waals surface area contributed by atoms with Crippen molar-refractivity contribution in [1.29, 1.82) is 0 Å². The van der Waals surface area contributed by atoms with Crippen molar-refractivity contribution in [3.63, 3.8) is 0 Å². The predicted octanol–water partition coefficient (Wildman–Crippen LogP) is 18.7. The average Bonchev–Trinajstić information content (AvgIpc) is 3.69. The number of aromatic nitrogens is 1. The van der Waals surface area contributed by atoms with Crippen molar-refractivity contribution < 1.29 is 0 Å². The largest absolute Gasteiger partial charge is 0.309 e. The molecule has 0 atom stereocenters. The SMILES string of the molecule is CC(C)(C)c1ccc2c(c1)c1cc(C(C)(C)C)ccc1n2-c1ccc2ccc3c(N(c4ccc(-c5ccccc5)cc4)c4ccccc4-c4cccc(-c5ccccc5)c4)ccc4ccc1c2c43. The Morgan fingerprint density at radius 3 is 1.47 bits per heavy atom. The van der Waals surface area contributed by atoms with Crippen molar-refractivity contribution in [2.24, 2.45) is 0 Å². The van der Waals surface area contributed by atoms with Crippen molar-refractivity contribution in [3.8, 4) is 39.1 Å². The second kappa shape index (κ2) is 15.9. The van der Waals surface area contributed by atoms with Gasteiger partial charge in [0, 0.05) is 32.8 Å². The van der Waals surface area contributed by atoms with E-state index in [1.165, 1.54) is 104 Å². The van der Waals surface area contributed by atoms with Gasteiger partial charge in [-0.3, -0.25) is 0 Å². The van der Waals surface area contributed by atoms with Crippen LogP contribution in [0.4, 0.5) is 17.1 Å². The number of rotatable bonds is 7. The molecule has 328 valence electrons. The second-order valence-electron chi connectivity index (χ2n) is 20.6. The van der Waals surface area contributed by atoms with Crippen molar-refractivity contribution in [2.45, 2.75) is 52.4 Å². The first-order valence-electron chi connectivity index (χ1n) is 24.0. The van der Waals surface area contributed by atoms with Gasteiger partial charge in [0.05, 0.1) is 28.1 Å². The lowest BCUT2D eigenvalue weighted by molar-refractivity contribution is 0.590. The summed E-state index contributed by atoms with van der Waals surface area (Å²) in [6.45, 7) is 13.9. The fourth-order valence-electron chi connectivity index (χ4n) is 10.6. The molecule has 0 spiro atoms. The number of hydrogen-bond acceptors (Lipinski definition) is 1. The van der Waals surface area contributed by atoms with E-state index in [-0.39, 0.29) is 10.8 Å². The van der Waals surface area contributed by atoms with Crippen LogP contribution in [0.5, 0.6) is 0 Å². The van der Waals surface area contributed by atoms with Crippen molar-refractivity contribution >= 4 is 71.2 Å². The zero-order chi connectivity index (χ0) is 46.3. The first-order valence-corrected chi connectivity index (χ1v) is 24.0. The molecule has 1 aromatic heterocycles. The molecule has 0 N–H and O–H groups in total. The Kier molecular flexibility index (Phi) is 9.67. The fraction of sp³-hybridized carbons (Fsp3) is 0.121. The molecule has 11 aromatic carbocycles. The van der Waals surface area contributed by atoms with Gasteiger partial charge >= 0.3 is 0 Å². The summed E-state index contributed by atoms with van der Waals surface area (Å²) in [4.78, 5) is 2.48. The highest BCUT2D eigenvalue weighted by molar-refractivity contribution is 6.27. The van der Waals surface area contributed by atoms with E-state index in [1.807, 2.05) is 0 Å². The molecule has 0 radical (unpaired) electrons. The Labute approximate surface area is 399 Å². The van der Waals surface area contributed by atoms with Crippen LogP contribution in [0, 0.1) is 0 Å². The summed E-state index contributed by atoms with van der Waals surface area (Å²) in [5.41, 5.74) is 16.9. The number of fused-ring (bicyclic) bond motifs is 3. The molecule has 0 amide bonds. The maximum atomic E-state index is 2.52. The van der Waals surface area contributed by atoms with E-state index in [2.05, 4.69) is 269 Å². The van der Waals surface area contributed by atoms with Crippen LogP contribution in [-0.2, 0) is 10.8 Å². The first-order chi connectivity index (χ1) is 33.0. The summed E-state index contributed by atoms with van der Waals surface area (Å²) in [5, 5.41) is 10.1. The van der Waals surface area contributed by atoms with Gasteiger partial charge in [0.15, 0.2) is 0 Å². The molecule has 0 aliphatic carbocycles. The quantitative estimate of drug-likeness (QED) is 0.145. The lowest BCUT2D eigenvalue weighted by Crippen LogP contribution is -2.12. The summed E-state index contributed by atoms with van der Waals surface area (Å²) in [6.07, 6.45) is 0. The lowest BCUT2D eigenvalue weighted by atomic mass is 9.85. The van der Waals surface area contributed by atoms with E-state index in [4.69, 9.17) is 0 Å². The van der Waals surface area contributed by atoms with Gasteiger partial charge in [0.25, 0.3) is 0 Å². The molecule has 12 rings (SSSR count). The molecule has 0 unspecified atom stereocenters. The van der Waals surface area contributed by atoms with Crippen molar-refractivity contribution in [1.82, 2.24) is 4.57 Å². The van der Waals surface area contributed by atoms with E-state index in [9.17, 15) is 0 Å². The van der Waals surface area contributed by atoms with Gasteiger partial charge in [-0.1, -0.05) is 199 Å². The van der Waals surface area contributed by atoms with Crippen LogP contribution < -0.4 is 4.90 Å². The molecule has 2 nitrogen and oxygen atoms in total. The predicted molar refractivity (Wildman–Crippen MR) is 293 cm³/mol. The van der Waals surface area contributed by atoms with Crippen molar-refractivity contribution in [3.05, 3.63) is 230 Å². The minimum atomic E-state index is 0.0273. The Hall–Kier alpha value is -7.94. The summed E-state index contributed by atoms with van der Waals surface area (Å²) < 4.78 is 2.52. The number of hydrogen-bond donors (Lipinski definition) is 0. The van der Waals surface area contributed by atoms with E-state index >= 15 is 0 Å². The van der Waals surface area contributed by atoms with Crippen LogP contribution in [0.25, 0.3) is 93.2 Å². The summed E-state index contributed by atoms with van der Waals surface area (Å²) in [6, 6.07) is 81.3. The second-order valence-corrected chi connectivity index (χ2v) is 20.6. The maximum absolute atomic E-state index is 2.52. The molecule has 0 saturated carbocycles. The van der Waals surface area contributed by atoms with Gasteiger partial charge in [-0.05, 0) is 132 Å². The van der Waals surface area contributed by atoms with Gasteiger partial charge in [0.1, 0.15) is 0 Å². The highest BCUT2D eigenvalue weighted by Gasteiger charge is 2.25. The molecule has 0 saturated heterocycles. The van der Waals surface area contributed by atoms with Crippen LogP contribution in [0.1, 0.15) is 52.7 Å². The molecule has 0 fully saturated rings. The maximum Gasteiger partial charge on any atom is 0.0541 e. The Morgan fingerprint density at radius 1 is 0.338 bits per heavy atom. The third-order valence-corrected chi connectivity index (χ3v) is 14.3. The molecule has 12 aromatic rings. The minimum Gasteiger partial charge on any atom is -0.309 e. The van der Waals surface area contributed by atoms with Crippen LogP contribution in [-0.4, -0.2) is 4.57 Å². The molecule has 1 heterocycles. The van der Waals surface area contributed by atoms with Crippen LogP contribution in [0.2, 0.25) is 0 Å². The van der Waals surface area contributed by atoms with Gasteiger partial charge in [-0.2, -0.15) is 0 Å². The summed E-state index contributed by atoms with van der Waals surface area (Å²) in [5.74, 6) is 0. The molecule has 0 aliphatic heterocycles.